The van der Waals surface area contributed by atoms with Crippen LogP contribution in [-0.4, -0.2) is 78.5 Å². The van der Waals surface area contributed by atoms with Crippen LogP contribution in [0.5, 0.6) is 0 Å². The molecule has 1 saturated heterocycles. The molecule has 13 heteroatoms. The molecule has 186 valence electrons. The standard InChI is InChI=1S/C22H29N9O3S/c1-4-30-15-24-19-20(30)26-22(27-21(19)31-10-12-34-13-11-31)25-18(28-35(32,33)29(2)3)14-17(23)16-8-6-5-7-9-16/h5-9,14-15H,4,10-13,23H2,1-3H3,(H,25,26,27,28). The SMILES string of the molecule is CCn1cnc2c(N3CCOCC3)nc(NC(C=C(N)c3ccccc3)=NS(=O)(=O)N(C)C)nc21. The second kappa shape index (κ2) is 10.4. The van der Waals surface area contributed by atoms with Crippen LogP contribution in [0.4, 0.5) is 11.8 Å². The Hall–Kier alpha value is -3.55. The minimum Gasteiger partial charge on any atom is -0.398 e. The number of morpholine rings is 1. The van der Waals surface area contributed by atoms with Crippen LogP contribution in [0.1, 0.15) is 12.5 Å². The predicted molar refractivity (Wildman–Crippen MR) is 136 cm³/mol. The number of hydrogen-bond acceptors (Lipinski definition) is 8. The van der Waals surface area contributed by atoms with E-state index in [0.717, 1.165) is 9.87 Å². The first-order valence-electron chi connectivity index (χ1n) is 11.2. The van der Waals surface area contributed by atoms with Crippen LogP contribution in [0.25, 0.3) is 16.9 Å². The van der Waals surface area contributed by atoms with Crippen LogP contribution in [0.15, 0.2) is 47.1 Å². The van der Waals surface area contributed by atoms with Gasteiger partial charge >= 0.3 is 10.2 Å². The first-order chi connectivity index (χ1) is 16.8. The second-order valence-corrected chi connectivity index (χ2v) is 9.81. The van der Waals surface area contributed by atoms with Crippen molar-refractivity contribution < 1.29 is 13.2 Å². The molecule has 12 nitrogen and oxygen atoms in total. The molecule has 2 aromatic heterocycles. The summed E-state index contributed by atoms with van der Waals surface area (Å²) in [5.41, 5.74) is 8.61. The Morgan fingerprint density at radius 3 is 2.60 bits per heavy atom. The van der Waals surface area contributed by atoms with E-state index < -0.39 is 10.2 Å². The molecule has 35 heavy (non-hydrogen) atoms. The van der Waals surface area contributed by atoms with Gasteiger partial charge in [-0.25, -0.2) is 4.98 Å². The molecule has 0 aliphatic carbocycles. The van der Waals surface area contributed by atoms with Gasteiger partial charge in [0.2, 0.25) is 5.95 Å². The highest BCUT2D eigenvalue weighted by Crippen LogP contribution is 2.25. The average Bonchev–Trinajstić information content (AvgIpc) is 3.27. The Morgan fingerprint density at radius 1 is 1.23 bits per heavy atom. The summed E-state index contributed by atoms with van der Waals surface area (Å²) in [5.74, 6) is 0.803. The summed E-state index contributed by atoms with van der Waals surface area (Å²) in [6.45, 7) is 5.11. The van der Waals surface area contributed by atoms with E-state index in [9.17, 15) is 8.42 Å². The van der Waals surface area contributed by atoms with E-state index in [1.54, 1.807) is 6.33 Å². The third-order valence-electron chi connectivity index (χ3n) is 5.41. The van der Waals surface area contributed by atoms with Crippen molar-refractivity contribution in [3.05, 3.63) is 48.3 Å². The van der Waals surface area contributed by atoms with Gasteiger partial charge in [-0.15, -0.1) is 4.40 Å². The minimum absolute atomic E-state index is 0.0186. The fourth-order valence-electron chi connectivity index (χ4n) is 3.48. The highest BCUT2D eigenvalue weighted by Gasteiger charge is 2.21. The molecule has 0 spiro atoms. The Labute approximate surface area is 204 Å². The second-order valence-electron chi connectivity index (χ2n) is 8.00. The number of hydrogen-bond donors (Lipinski definition) is 2. The Bertz CT molecular complexity index is 1350. The normalized spacial score (nSPS) is 15.7. The molecule has 1 aliphatic rings. The molecule has 4 rings (SSSR count). The van der Waals surface area contributed by atoms with Gasteiger partial charge in [-0.2, -0.15) is 22.7 Å². The third kappa shape index (κ3) is 5.58. The van der Waals surface area contributed by atoms with Gasteiger partial charge in [0.05, 0.1) is 19.5 Å². The zero-order valence-corrected chi connectivity index (χ0v) is 20.7. The molecule has 0 atom stereocenters. The maximum Gasteiger partial charge on any atom is 0.323 e. The molecule has 1 aromatic carbocycles. The number of ether oxygens (including phenoxy) is 1. The topological polar surface area (TPSA) is 144 Å². The summed E-state index contributed by atoms with van der Waals surface area (Å²) < 4.78 is 37.5. The number of fused-ring (bicyclic) bond motifs is 1. The number of nitrogens with one attached hydrogen (secondary N) is 1. The minimum atomic E-state index is -3.96. The van der Waals surface area contributed by atoms with Crippen LogP contribution < -0.4 is 16.0 Å². The van der Waals surface area contributed by atoms with Crippen LogP contribution in [0, 0.1) is 0 Å². The Kier molecular flexibility index (Phi) is 7.28. The summed E-state index contributed by atoms with van der Waals surface area (Å²) in [6.07, 6.45) is 3.17. The van der Waals surface area contributed by atoms with Crippen molar-refractivity contribution in [2.75, 3.05) is 50.6 Å². The van der Waals surface area contributed by atoms with Crippen molar-refractivity contribution in [1.82, 2.24) is 23.8 Å². The van der Waals surface area contributed by atoms with Gasteiger partial charge < -0.3 is 25.3 Å². The lowest BCUT2D eigenvalue weighted by Gasteiger charge is -2.28. The molecule has 0 saturated carbocycles. The van der Waals surface area contributed by atoms with Crippen LogP contribution in [0.2, 0.25) is 0 Å². The van der Waals surface area contributed by atoms with Gasteiger partial charge in [-0.05, 0) is 12.5 Å². The number of nitrogens with two attached hydrogens (primary N) is 1. The molecule has 3 heterocycles. The molecular weight excluding hydrogens is 470 g/mol. The van der Waals surface area contributed by atoms with E-state index in [-0.39, 0.29) is 11.8 Å². The molecule has 0 radical (unpaired) electrons. The Balaban J connectivity index is 1.80. The Morgan fingerprint density at radius 2 is 1.94 bits per heavy atom. The van der Waals surface area contributed by atoms with Crippen molar-refractivity contribution in [3.8, 4) is 0 Å². The number of nitrogens with zero attached hydrogens (tertiary/aromatic N) is 7. The lowest BCUT2D eigenvalue weighted by molar-refractivity contribution is 0.122. The van der Waals surface area contributed by atoms with Gasteiger partial charge in [-0.3, -0.25) is 0 Å². The van der Waals surface area contributed by atoms with E-state index in [4.69, 9.17) is 10.5 Å². The van der Waals surface area contributed by atoms with E-state index in [1.165, 1.54) is 20.2 Å². The number of benzene rings is 1. The summed E-state index contributed by atoms with van der Waals surface area (Å²) >= 11 is 0. The van der Waals surface area contributed by atoms with E-state index in [0.29, 0.717) is 55.5 Å². The maximum absolute atomic E-state index is 12.6. The zero-order valence-electron chi connectivity index (χ0n) is 19.9. The number of aromatic nitrogens is 4. The average molecular weight is 500 g/mol. The van der Waals surface area contributed by atoms with E-state index in [1.807, 2.05) is 41.8 Å². The molecule has 0 unspecified atom stereocenters. The highest BCUT2D eigenvalue weighted by atomic mass is 32.2. The van der Waals surface area contributed by atoms with Gasteiger partial charge in [0.15, 0.2) is 17.0 Å². The molecule has 1 aliphatic heterocycles. The first kappa shape index (κ1) is 24.6. The van der Waals surface area contributed by atoms with Crippen molar-refractivity contribution in [2.24, 2.45) is 10.1 Å². The number of amidine groups is 1. The van der Waals surface area contributed by atoms with E-state index in [2.05, 4.69) is 29.6 Å². The lowest BCUT2D eigenvalue weighted by Crippen LogP contribution is -2.37. The monoisotopic (exact) mass is 499 g/mol. The molecule has 3 N–H and O–H groups in total. The number of anilines is 2. The number of rotatable bonds is 7. The predicted octanol–water partition coefficient (Wildman–Crippen LogP) is 1.30. The fraction of sp³-hybridized carbons (Fsp3) is 0.364. The summed E-state index contributed by atoms with van der Waals surface area (Å²) in [5, 5.41) is 2.97. The molecule has 0 bridgehead atoms. The van der Waals surface area contributed by atoms with Crippen molar-refractivity contribution in [2.45, 2.75) is 13.5 Å². The maximum atomic E-state index is 12.6. The van der Waals surface area contributed by atoms with Crippen LogP contribution >= 0.6 is 0 Å². The van der Waals surface area contributed by atoms with Gasteiger partial charge in [0, 0.05) is 45.5 Å². The smallest absolute Gasteiger partial charge is 0.323 e. The molecule has 0 amide bonds. The highest BCUT2D eigenvalue weighted by molar-refractivity contribution is 7.87. The van der Waals surface area contributed by atoms with Gasteiger partial charge in [0.1, 0.15) is 5.84 Å². The van der Waals surface area contributed by atoms with Crippen molar-refractivity contribution >= 4 is 44.7 Å². The van der Waals surface area contributed by atoms with Crippen molar-refractivity contribution in [1.29, 1.82) is 0 Å². The van der Waals surface area contributed by atoms with Crippen molar-refractivity contribution in [3.63, 3.8) is 0 Å². The van der Waals surface area contributed by atoms with E-state index >= 15 is 0 Å². The third-order valence-corrected chi connectivity index (χ3v) is 6.76. The zero-order chi connectivity index (χ0) is 25.0. The largest absolute Gasteiger partial charge is 0.398 e. The van der Waals surface area contributed by atoms with Gasteiger partial charge in [-0.1, -0.05) is 30.3 Å². The fourth-order valence-corrected chi connectivity index (χ4v) is 3.99. The summed E-state index contributed by atoms with van der Waals surface area (Å²) in [6, 6.07) is 9.20. The number of imidazole rings is 1. The molecule has 3 aromatic rings. The number of aryl methyl sites for hydroxylation is 1. The van der Waals surface area contributed by atoms with Crippen LogP contribution in [0.3, 0.4) is 0 Å². The quantitative estimate of drug-likeness (QED) is 0.363. The molecule has 1 fully saturated rings. The van der Waals surface area contributed by atoms with Crippen LogP contribution in [-0.2, 0) is 21.5 Å². The lowest BCUT2D eigenvalue weighted by atomic mass is 10.1. The van der Waals surface area contributed by atoms with Gasteiger partial charge in [0.25, 0.3) is 0 Å². The molecular formula is C22H29N9O3S. The first-order valence-corrected chi connectivity index (χ1v) is 12.6. The summed E-state index contributed by atoms with van der Waals surface area (Å²) in [7, 11) is -1.16. The summed E-state index contributed by atoms with van der Waals surface area (Å²) in [4.78, 5) is 15.9.